The monoisotopic (exact) mass is 255 g/mol. The molecule has 0 unspecified atom stereocenters. The van der Waals surface area contributed by atoms with E-state index in [4.69, 9.17) is 5.73 Å². The summed E-state index contributed by atoms with van der Waals surface area (Å²) in [6.45, 7) is -0.0524. The van der Waals surface area contributed by atoms with Gasteiger partial charge >= 0.3 is 0 Å². The number of nitrogens with two attached hydrogens (primary N) is 1. The first-order chi connectivity index (χ1) is 8.08. The summed E-state index contributed by atoms with van der Waals surface area (Å²) in [5.41, 5.74) is 5.36. The molecule has 8 nitrogen and oxygen atoms in total. The Kier molecular flexibility index (Phi) is 3.02. The molecule has 0 fully saturated rings. The number of pyridine rings is 1. The van der Waals surface area contributed by atoms with Crippen molar-refractivity contribution in [2.24, 2.45) is 0 Å². The number of nitrogen functional groups attached to an aromatic ring is 1. The Morgan fingerprint density at radius 3 is 2.76 bits per heavy atom. The second-order valence-corrected chi connectivity index (χ2v) is 4.86. The van der Waals surface area contributed by atoms with Crippen LogP contribution in [-0.4, -0.2) is 23.5 Å². The average Bonchev–Trinajstić information content (AvgIpc) is 2.80. The van der Waals surface area contributed by atoms with Crippen LogP contribution in [0.4, 0.5) is 5.82 Å². The van der Waals surface area contributed by atoms with Crippen LogP contribution >= 0.6 is 0 Å². The van der Waals surface area contributed by atoms with Crippen molar-refractivity contribution >= 4 is 15.8 Å². The zero-order chi connectivity index (χ0) is 12.3. The van der Waals surface area contributed by atoms with Gasteiger partial charge in [0, 0.05) is 6.20 Å². The summed E-state index contributed by atoms with van der Waals surface area (Å²) < 4.78 is 30.3. The van der Waals surface area contributed by atoms with E-state index >= 15 is 0 Å². The minimum absolute atomic E-state index is 0.0233. The molecular formula is C8H9N5O3S. The van der Waals surface area contributed by atoms with E-state index in [-0.39, 0.29) is 23.1 Å². The maximum absolute atomic E-state index is 11.8. The molecule has 2 aromatic rings. The second-order valence-electron chi connectivity index (χ2n) is 3.09. The molecule has 0 amide bonds. The molecule has 0 bridgehead atoms. The van der Waals surface area contributed by atoms with Crippen LogP contribution in [0.15, 0.2) is 34.1 Å². The molecule has 2 heterocycles. The van der Waals surface area contributed by atoms with Gasteiger partial charge in [0.05, 0.1) is 6.54 Å². The molecule has 0 aliphatic carbocycles. The van der Waals surface area contributed by atoms with Crippen molar-refractivity contribution in [3.05, 3.63) is 30.5 Å². The third-order valence-corrected chi connectivity index (χ3v) is 3.28. The lowest BCUT2D eigenvalue weighted by molar-refractivity contribution is 0.409. The predicted octanol–water partition coefficient (Wildman–Crippen LogP) is -0.475. The maximum atomic E-state index is 11.8. The lowest BCUT2D eigenvalue weighted by Crippen LogP contribution is -2.24. The molecule has 0 radical (unpaired) electrons. The number of hydrogen-bond donors (Lipinski definition) is 2. The summed E-state index contributed by atoms with van der Waals surface area (Å²) in [5.74, 6) is 0.499. The lowest BCUT2D eigenvalue weighted by Gasteiger charge is -2.04. The highest BCUT2D eigenvalue weighted by Gasteiger charge is 2.14. The fourth-order valence-electron chi connectivity index (χ4n) is 1.06. The Hall–Kier alpha value is -2.00. The van der Waals surface area contributed by atoms with Crippen molar-refractivity contribution in [1.82, 2.24) is 19.8 Å². The number of anilines is 1. The van der Waals surface area contributed by atoms with Crippen LogP contribution < -0.4 is 10.5 Å². The predicted molar refractivity (Wildman–Crippen MR) is 57.0 cm³/mol. The molecule has 17 heavy (non-hydrogen) atoms. The van der Waals surface area contributed by atoms with Crippen LogP contribution in [0.25, 0.3) is 0 Å². The Labute approximate surface area is 96.9 Å². The van der Waals surface area contributed by atoms with E-state index in [1.54, 1.807) is 0 Å². The van der Waals surface area contributed by atoms with Gasteiger partial charge in [-0.1, -0.05) is 5.16 Å². The first-order valence-electron chi connectivity index (χ1n) is 4.54. The SMILES string of the molecule is Nc1ccc(S(=O)(=O)NCc2ncon2)cn1. The normalized spacial score (nSPS) is 11.5. The highest BCUT2D eigenvalue weighted by molar-refractivity contribution is 7.89. The Morgan fingerprint density at radius 2 is 2.18 bits per heavy atom. The quantitative estimate of drug-likeness (QED) is 0.756. The molecule has 0 aromatic carbocycles. The van der Waals surface area contributed by atoms with Crippen LogP contribution in [0.5, 0.6) is 0 Å². The Balaban J connectivity index is 2.11. The molecule has 0 spiro atoms. The van der Waals surface area contributed by atoms with Crippen molar-refractivity contribution in [3.63, 3.8) is 0 Å². The summed E-state index contributed by atoms with van der Waals surface area (Å²) in [4.78, 5) is 7.41. The largest absolute Gasteiger partial charge is 0.384 e. The third-order valence-electron chi connectivity index (χ3n) is 1.90. The third kappa shape index (κ3) is 2.77. The molecule has 2 rings (SSSR count). The van der Waals surface area contributed by atoms with Gasteiger partial charge < -0.3 is 10.3 Å². The number of nitrogens with zero attached hydrogens (tertiary/aromatic N) is 3. The topological polar surface area (TPSA) is 124 Å². The van der Waals surface area contributed by atoms with Gasteiger partial charge in [-0.15, -0.1) is 0 Å². The van der Waals surface area contributed by atoms with Gasteiger partial charge in [0.1, 0.15) is 10.7 Å². The van der Waals surface area contributed by atoms with Crippen LogP contribution in [0.3, 0.4) is 0 Å². The number of aromatic nitrogens is 3. The van der Waals surface area contributed by atoms with Gasteiger partial charge in [-0.2, -0.15) is 4.98 Å². The first-order valence-corrected chi connectivity index (χ1v) is 6.03. The fraction of sp³-hybridized carbons (Fsp3) is 0.125. The Bertz CT molecular complexity index is 578. The molecule has 9 heteroatoms. The zero-order valence-corrected chi connectivity index (χ0v) is 9.38. The standard InChI is InChI=1S/C8H9N5O3S/c9-7-2-1-6(3-10-7)17(14,15)12-4-8-11-5-16-13-8/h1-3,5,12H,4H2,(H2,9,10). The first kappa shape index (κ1) is 11.5. The van der Waals surface area contributed by atoms with E-state index in [1.165, 1.54) is 18.3 Å². The number of sulfonamides is 1. The molecular weight excluding hydrogens is 246 g/mol. The fourth-order valence-corrected chi connectivity index (χ4v) is 1.99. The van der Waals surface area contributed by atoms with Gasteiger partial charge in [0.25, 0.3) is 0 Å². The van der Waals surface area contributed by atoms with Crippen molar-refractivity contribution in [3.8, 4) is 0 Å². The van der Waals surface area contributed by atoms with Gasteiger partial charge in [-0.05, 0) is 12.1 Å². The van der Waals surface area contributed by atoms with E-state index in [9.17, 15) is 8.42 Å². The van der Waals surface area contributed by atoms with E-state index in [0.717, 1.165) is 6.39 Å². The summed E-state index contributed by atoms with van der Waals surface area (Å²) in [6.07, 6.45) is 2.29. The molecule has 0 aliphatic heterocycles. The molecule has 3 N–H and O–H groups in total. The van der Waals surface area contributed by atoms with Gasteiger partial charge in [0.2, 0.25) is 16.4 Å². The van der Waals surface area contributed by atoms with Gasteiger partial charge in [-0.25, -0.2) is 18.1 Å². The summed E-state index contributed by atoms with van der Waals surface area (Å²) in [7, 11) is -3.64. The molecule has 0 saturated heterocycles. The smallest absolute Gasteiger partial charge is 0.242 e. The molecule has 0 atom stereocenters. The number of hydrogen-bond acceptors (Lipinski definition) is 7. The summed E-state index contributed by atoms with van der Waals surface area (Å²) in [6, 6.07) is 2.77. The Morgan fingerprint density at radius 1 is 1.35 bits per heavy atom. The van der Waals surface area contributed by atoms with Crippen LogP contribution in [0, 0.1) is 0 Å². The molecule has 90 valence electrons. The van der Waals surface area contributed by atoms with E-state index in [0.29, 0.717) is 0 Å². The summed E-state index contributed by atoms with van der Waals surface area (Å²) in [5, 5.41) is 3.48. The maximum Gasteiger partial charge on any atom is 0.242 e. The van der Waals surface area contributed by atoms with E-state index in [2.05, 4.69) is 24.4 Å². The molecule has 0 saturated carbocycles. The minimum atomic E-state index is -3.64. The van der Waals surface area contributed by atoms with Crippen molar-refractivity contribution < 1.29 is 12.9 Å². The summed E-state index contributed by atoms with van der Waals surface area (Å²) >= 11 is 0. The molecule has 2 aromatic heterocycles. The van der Waals surface area contributed by atoms with E-state index in [1.807, 2.05) is 0 Å². The highest BCUT2D eigenvalue weighted by Crippen LogP contribution is 2.08. The van der Waals surface area contributed by atoms with Crippen molar-refractivity contribution in [1.29, 1.82) is 0 Å². The molecule has 0 aliphatic rings. The van der Waals surface area contributed by atoms with Crippen molar-refractivity contribution in [2.45, 2.75) is 11.4 Å². The minimum Gasteiger partial charge on any atom is -0.384 e. The average molecular weight is 255 g/mol. The lowest BCUT2D eigenvalue weighted by atomic mass is 10.5. The van der Waals surface area contributed by atoms with Crippen LogP contribution in [-0.2, 0) is 16.6 Å². The van der Waals surface area contributed by atoms with Gasteiger partial charge in [-0.3, -0.25) is 0 Å². The van der Waals surface area contributed by atoms with Crippen LogP contribution in [0.1, 0.15) is 5.82 Å². The van der Waals surface area contributed by atoms with Crippen molar-refractivity contribution in [2.75, 3.05) is 5.73 Å². The van der Waals surface area contributed by atoms with Gasteiger partial charge in [0.15, 0.2) is 5.82 Å². The number of rotatable bonds is 4. The second kappa shape index (κ2) is 4.47. The number of nitrogens with one attached hydrogen (secondary N) is 1. The zero-order valence-electron chi connectivity index (χ0n) is 8.57. The van der Waals surface area contributed by atoms with Crippen LogP contribution in [0.2, 0.25) is 0 Å². The highest BCUT2D eigenvalue weighted by atomic mass is 32.2. The van der Waals surface area contributed by atoms with E-state index < -0.39 is 10.0 Å².